The third kappa shape index (κ3) is 5.44. The van der Waals surface area contributed by atoms with Gasteiger partial charge in [-0.3, -0.25) is 0 Å². The molecule has 1 saturated carbocycles. The van der Waals surface area contributed by atoms with E-state index in [4.69, 9.17) is 4.74 Å². The van der Waals surface area contributed by atoms with Gasteiger partial charge in [-0.05, 0) is 43.2 Å². The van der Waals surface area contributed by atoms with Crippen molar-refractivity contribution in [3.8, 4) is 0 Å². The SMILES string of the molecule is CCOCc1ccccc1CNC1CCCC(CC)CC1. The van der Waals surface area contributed by atoms with Crippen molar-refractivity contribution < 1.29 is 4.74 Å². The van der Waals surface area contributed by atoms with Crippen LogP contribution in [-0.2, 0) is 17.9 Å². The Morgan fingerprint density at radius 1 is 1.05 bits per heavy atom. The molecule has 1 aromatic rings. The van der Waals surface area contributed by atoms with Gasteiger partial charge in [0.15, 0.2) is 0 Å². The number of ether oxygens (including phenoxy) is 1. The molecule has 0 radical (unpaired) electrons. The lowest BCUT2D eigenvalue weighted by atomic mass is 9.98. The Bertz CT molecular complexity index is 404. The topological polar surface area (TPSA) is 21.3 Å². The predicted octanol–water partition coefficient (Wildman–Crippen LogP) is 4.67. The lowest BCUT2D eigenvalue weighted by Gasteiger charge is -2.18. The van der Waals surface area contributed by atoms with Crippen molar-refractivity contribution in [1.82, 2.24) is 5.32 Å². The fourth-order valence-corrected chi connectivity index (χ4v) is 3.33. The van der Waals surface area contributed by atoms with Gasteiger partial charge in [0.2, 0.25) is 0 Å². The summed E-state index contributed by atoms with van der Waals surface area (Å²) in [5, 5.41) is 3.78. The van der Waals surface area contributed by atoms with Crippen molar-refractivity contribution >= 4 is 0 Å². The summed E-state index contributed by atoms with van der Waals surface area (Å²) in [6.45, 7) is 6.88. The van der Waals surface area contributed by atoms with E-state index < -0.39 is 0 Å². The lowest BCUT2D eigenvalue weighted by molar-refractivity contribution is 0.133. The zero-order chi connectivity index (χ0) is 14.9. The molecule has 1 fully saturated rings. The van der Waals surface area contributed by atoms with Crippen LogP contribution in [0.15, 0.2) is 24.3 Å². The third-order valence-electron chi connectivity index (χ3n) is 4.83. The first-order valence-corrected chi connectivity index (χ1v) is 8.71. The van der Waals surface area contributed by atoms with Crippen molar-refractivity contribution in [1.29, 1.82) is 0 Å². The molecule has 2 unspecified atom stereocenters. The largest absolute Gasteiger partial charge is 0.377 e. The van der Waals surface area contributed by atoms with E-state index in [9.17, 15) is 0 Å². The second-order valence-corrected chi connectivity index (χ2v) is 6.27. The van der Waals surface area contributed by atoms with Crippen molar-refractivity contribution in [3.63, 3.8) is 0 Å². The Morgan fingerprint density at radius 3 is 2.62 bits per heavy atom. The monoisotopic (exact) mass is 289 g/mol. The van der Waals surface area contributed by atoms with Crippen LogP contribution in [0.2, 0.25) is 0 Å². The first-order chi connectivity index (χ1) is 10.3. The molecule has 0 aromatic heterocycles. The van der Waals surface area contributed by atoms with Crippen LogP contribution >= 0.6 is 0 Å². The quantitative estimate of drug-likeness (QED) is 0.736. The van der Waals surface area contributed by atoms with Crippen molar-refractivity contribution in [2.45, 2.75) is 71.6 Å². The van der Waals surface area contributed by atoms with Crippen LogP contribution in [-0.4, -0.2) is 12.6 Å². The molecule has 0 amide bonds. The number of rotatable bonds is 7. The normalized spacial score (nSPS) is 23.0. The molecule has 1 aromatic carbocycles. The molecule has 1 aliphatic carbocycles. The second-order valence-electron chi connectivity index (χ2n) is 6.27. The first kappa shape index (κ1) is 16.5. The van der Waals surface area contributed by atoms with Gasteiger partial charge < -0.3 is 10.1 Å². The molecule has 0 aliphatic heterocycles. The maximum absolute atomic E-state index is 5.57. The Kier molecular flexibility index (Phi) is 7.25. The van der Waals surface area contributed by atoms with Crippen molar-refractivity contribution in [2.24, 2.45) is 5.92 Å². The van der Waals surface area contributed by atoms with Crippen molar-refractivity contribution in [2.75, 3.05) is 6.61 Å². The molecule has 0 bridgehead atoms. The smallest absolute Gasteiger partial charge is 0.0719 e. The highest BCUT2D eigenvalue weighted by atomic mass is 16.5. The van der Waals surface area contributed by atoms with Gasteiger partial charge in [-0.2, -0.15) is 0 Å². The summed E-state index contributed by atoms with van der Waals surface area (Å²) in [6.07, 6.45) is 8.24. The molecular formula is C19H31NO. The Morgan fingerprint density at radius 2 is 1.86 bits per heavy atom. The standard InChI is InChI=1S/C19H31NO/c1-3-16-8-7-11-19(13-12-16)20-14-17-9-5-6-10-18(17)15-21-4-2/h5-6,9-10,16,19-20H,3-4,7-8,11-15H2,1-2H3. The number of hydrogen-bond donors (Lipinski definition) is 1. The maximum Gasteiger partial charge on any atom is 0.0719 e. The summed E-state index contributed by atoms with van der Waals surface area (Å²) in [7, 11) is 0. The summed E-state index contributed by atoms with van der Waals surface area (Å²) in [6, 6.07) is 9.35. The molecule has 118 valence electrons. The fourth-order valence-electron chi connectivity index (χ4n) is 3.33. The van der Waals surface area contributed by atoms with Crippen LogP contribution in [0.25, 0.3) is 0 Å². The van der Waals surface area contributed by atoms with Gasteiger partial charge in [0.1, 0.15) is 0 Å². The van der Waals surface area contributed by atoms with Gasteiger partial charge in [0, 0.05) is 19.2 Å². The molecule has 0 saturated heterocycles. The summed E-state index contributed by atoms with van der Waals surface area (Å²) in [4.78, 5) is 0. The molecule has 0 heterocycles. The van der Waals surface area contributed by atoms with Crippen molar-refractivity contribution in [3.05, 3.63) is 35.4 Å². The van der Waals surface area contributed by atoms with Gasteiger partial charge in [-0.1, -0.05) is 50.5 Å². The van der Waals surface area contributed by atoms with Gasteiger partial charge in [0.05, 0.1) is 6.61 Å². The summed E-state index contributed by atoms with van der Waals surface area (Å²) in [5.74, 6) is 0.960. The highest BCUT2D eigenvalue weighted by Crippen LogP contribution is 2.25. The summed E-state index contributed by atoms with van der Waals surface area (Å²) >= 11 is 0. The molecule has 1 aliphatic rings. The highest BCUT2D eigenvalue weighted by molar-refractivity contribution is 5.26. The average Bonchev–Trinajstić information content (AvgIpc) is 2.76. The molecule has 2 rings (SSSR count). The molecular weight excluding hydrogens is 258 g/mol. The Balaban J connectivity index is 1.85. The van der Waals surface area contributed by atoms with Crippen LogP contribution in [0.5, 0.6) is 0 Å². The minimum Gasteiger partial charge on any atom is -0.377 e. The van der Waals surface area contributed by atoms with Crippen LogP contribution in [0.1, 0.15) is 63.5 Å². The van der Waals surface area contributed by atoms with Gasteiger partial charge >= 0.3 is 0 Å². The number of benzene rings is 1. The predicted molar refractivity (Wildman–Crippen MR) is 89.3 cm³/mol. The summed E-state index contributed by atoms with van der Waals surface area (Å²) in [5.41, 5.74) is 2.72. The lowest BCUT2D eigenvalue weighted by Crippen LogP contribution is -2.28. The molecule has 21 heavy (non-hydrogen) atoms. The number of hydrogen-bond acceptors (Lipinski definition) is 2. The van der Waals surface area contributed by atoms with E-state index >= 15 is 0 Å². The second kappa shape index (κ2) is 9.22. The van der Waals surface area contributed by atoms with Crippen LogP contribution < -0.4 is 5.32 Å². The van der Waals surface area contributed by atoms with Gasteiger partial charge in [-0.25, -0.2) is 0 Å². The van der Waals surface area contributed by atoms with Gasteiger partial charge in [0.25, 0.3) is 0 Å². The first-order valence-electron chi connectivity index (χ1n) is 8.71. The van der Waals surface area contributed by atoms with Crippen LogP contribution in [0.3, 0.4) is 0 Å². The molecule has 1 N–H and O–H groups in total. The van der Waals surface area contributed by atoms with E-state index in [1.165, 1.54) is 49.7 Å². The van der Waals surface area contributed by atoms with E-state index in [0.717, 1.165) is 25.7 Å². The molecule has 2 atom stereocenters. The van der Waals surface area contributed by atoms with Crippen LogP contribution in [0.4, 0.5) is 0 Å². The zero-order valence-electron chi connectivity index (χ0n) is 13.7. The van der Waals surface area contributed by atoms with Gasteiger partial charge in [-0.15, -0.1) is 0 Å². The average molecular weight is 289 g/mol. The third-order valence-corrected chi connectivity index (χ3v) is 4.83. The zero-order valence-corrected chi connectivity index (χ0v) is 13.7. The van der Waals surface area contributed by atoms with E-state index in [-0.39, 0.29) is 0 Å². The van der Waals surface area contributed by atoms with E-state index in [0.29, 0.717) is 6.04 Å². The van der Waals surface area contributed by atoms with E-state index in [1.807, 2.05) is 0 Å². The van der Waals surface area contributed by atoms with E-state index in [2.05, 4.69) is 43.4 Å². The Labute approximate surface area is 130 Å². The minimum absolute atomic E-state index is 0.696. The summed E-state index contributed by atoms with van der Waals surface area (Å²) < 4.78 is 5.57. The molecule has 2 nitrogen and oxygen atoms in total. The van der Waals surface area contributed by atoms with E-state index in [1.54, 1.807) is 0 Å². The molecule has 0 spiro atoms. The minimum atomic E-state index is 0.696. The fraction of sp³-hybridized carbons (Fsp3) is 0.684. The number of nitrogens with one attached hydrogen (secondary N) is 1. The Hall–Kier alpha value is -0.860. The maximum atomic E-state index is 5.57. The molecule has 2 heteroatoms. The van der Waals surface area contributed by atoms with Crippen LogP contribution in [0, 0.1) is 5.92 Å². The highest BCUT2D eigenvalue weighted by Gasteiger charge is 2.17.